The Hall–Kier alpha value is -3.27. The lowest BCUT2D eigenvalue weighted by molar-refractivity contribution is -0.133. The molecular formula is C21H16O4. The number of ether oxygens (including phenoxy) is 2. The van der Waals surface area contributed by atoms with Gasteiger partial charge in [-0.05, 0) is 29.0 Å². The lowest BCUT2D eigenvalue weighted by Crippen LogP contribution is -2.11. The summed E-state index contributed by atoms with van der Waals surface area (Å²) in [6.07, 6.45) is 1.75. The highest BCUT2D eigenvalue weighted by Crippen LogP contribution is 2.31. The zero-order valence-corrected chi connectivity index (χ0v) is 13.7. The summed E-state index contributed by atoms with van der Waals surface area (Å²) in [7, 11) is 1.54. The molecule has 0 aliphatic heterocycles. The minimum Gasteiger partial charge on any atom is -0.493 e. The fourth-order valence-corrected chi connectivity index (χ4v) is 3.02. The van der Waals surface area contributed by atoms with Crippen LogP contribution in [0.2, 0.25) is 0 Å². The minimum atomic E-state index is -0.361. The zero-order valence-electron chi connectivity index (χ0n) is 13.7. The molecule has 0 bridgehead atoms. The number of para-hydroxylation sites is 2. The first kappa shape index (κ1) is 15.3. The first-order valence-corrected chi connectivity index (χ1v) is 7.98. The fraction of sp³-hybridized carbons (Fsp3) is 0.0952. The Balaban J connectivity index is 1.66. The van der Waals surface area contributed by atoms with Crippen molar-refractivity contribution in [3.63, 3.8) is 0 Å². The molecule has 0 radical (unpaired) electrons. The number of furan rings is 1. The maximum atomic E-state index is 12.4. The second kappa shape index (κ2) is 6.32. The second-order valence-electron chi connectivity index (χ2n) is 5.72. The third kappa shape index (κ3) is 2.83. The van der Waals surface area contributed by atoms with Gasteiger partial charge in [-0.2, -0.15) is 0 Å². The van der Waals surface area contributed by atoms with Gasteiger partial charge in [0, 0.05) is 10.9 Å². The first-order chi connectivity index (χ1) is 12.3. The van der Waals surface area contributed by atoms with Crippen LogP contribution in [-0.4, -0.2) is 13.1 Å². The fourth-order valence-electron chi connectivity index (χ4n) is 3.02. The molecule has 0 fully saturated rings. The van der Waals surface area contributed by atoms with Crippen molar-refractivity contribution in [2.75, 3.05) is 7.11 Å². The summed E-state index contributed by atoms with van der Waals surface area (Å²) in [4.78, 5) is 12.4. The summed E-state index contributed by atoms with van der Waals surface area (Å²) >= 11 is 0. The molecule has 4 heteroatoms. The van der Waals surface area contributed by atoms with Gasteiger partial charge in [0.15, 0.2) is 11.5 Å². The van der Waals surface area contributed by atoms with Gasteiger partial charge in [0.25, 0.3) is 0 Å². The highest BCUT2D eigenvalue weighted by Gasteiger charge is 2.15. The average molecular weight is 332 g/mol. The molecule has 0 amide bonds. The molecule has 1 aromatic heterocycles. The van der Waals surface area contributed by atoms with Gasteiger partial charge in [0.1, 0.15) is 5.58 Å². The van der Waals surface area contributed by atoms with E-state index in [4.69, 9.17) is 13.9 Å². The highest BCUT2D eigenvalue weighted by molar-refractivity contribution is 6.08. The van der Waals surface area contributed by atoms with Crippen LogP contribution >= 0.6 is 0 Å². The van der Waals surface area contributed by atoms with Gasteiger partial charge < -0.3 is 13.9 Å². The average Bonchev–Trinajstić information content (AvgIpc) is 3.05. The number of esters is 1. The molecule has 0 aliphatic rings. The Bertz CT molecular complexity index is 1060. The van der Waals surface area contributed by atoms with Crippen LogP contribution in [0.3, 0.4) is 0 Å². The molecular weight excluding hydrogens is 316 g/mol. The van der Waals surface area contributed by atoms with Crippen molar-refractivity contribution in [1.82, 2.24) is 0 Å². The van der Waals surface area contributed by atoms with Gasteiger partial charge in [-0.3, -0.25) is 4.79 Å². The number of hydrogen-bond donors (Lipinski definition) is 0. The Labute approximate surface area is 144 Å². The van der Waals surface area contributed by atoms with Crippen molar-refractivity contribution < 1.29 is 18.7 Å². The van der Waals surface area contributed by atoms with Crippen molar-refractivity contribution in [3.05, 3.63) is 72.5 Å². The molecule has 4 aromatic rings. The lowest BCUT2D eigenvalue weighted by Gasteiger charge is -2.08. The van der Waals surface area contributed by atoms with Gasteiger partial charge >= 0.3 is 5.97 Å². The lowest BCUT2D eigenvalue weighted by atomic mass is 10.0. The largest absolute Gasteiger partial charge is 0.493 e. The van der Waals surface area contributed by atoms with Gasteiger partial charge in [-0.15, -0.1) is 0 Å². The van der Waals surface area contributed by atoms with Crippen molar-refractivity contribution in [2.45, 2.75) is 6.42 Å². The molecule has 0 spiro atoms. The molecule has 25 heavy (non-hydrogen) atoms. The van der Waals surface area contributed by atoms with E-state index in [1.54, 1.807) is 31.6 Å². The second-order valence-corrected chi connectivity index (χ2v) is 5.72. The predicted octanol–water partition coefficient (Wildman–Crippen LogP) is 4.74. The van der Waals surface area contributed by atoms with Crippen LogP contribution in [0.4, 0.5) is 0 Å². The number of carbonyl (C=O) groups excluding carboxylic acids is 1. The molecule has 0 saturated heterocycles. The Morgan fingerprint density at radius 2 is 1.72 bits per heavy atom. The molecule has 0 aliphatic carbocycles. The van der Waals surface area contributed by atoms with Gasteiger partial charge in [-0.25, -0.2) is 0 Å². The van der Waals surface area contributed by atoms with Crippen LogP contribution in [0, 0.1) is 0 Å². The van der Waals surface area contributed by atoms with E-state index in [1.165, 1.54) is 0 Å². The summed E-state index contributed by atoms with van der Waals surface area (Å²) in [6.45, 7) is 0. The predicted molar refractivity (Wildman–Crippen MR) is 96.1 cm³/mol. The summed E-state index contributed by atoms with van der Waals surface area (Å²) in [5, 5.41) is 3.12. The van der Waals surface area contributed by atoms with E-state index in [0.29, 0.717) is 11.5 Å². The number of carbonyl (C=O) groups is 1. The summed E-state index contributed by atoms with van der Waals surface area (Å²) in [5.41, 5.74) is 1.57. The van der Waals surface area contributed by atoms with Crippen molar-refractivity contribution >= 4 is 27.7 Å². The van der Waals surface area contributed by atoms with Crippen LogP contribution in [0.15, 0.2) is 71.3 Å². The molecule has 4 nitrogen and oxygen atoms in total. The maximum Gasteiger partial charge on any atom is 0.315 e. The smallest absolute Gasteiger partial charge is 0.315 e. The molecule has 124 valence electrons. The maximum absolute atomic E-state index is 12.4. The Kier molecular flexibility index (Phi) is 3.86. The normalized spacial score (nSPS) is 10.9. The van der Waals surface area contributed by atoms with Crippen LogP contribution in [0.1, 0.15) is 5.56 Å². The molecule has 4 rings (SSSR count). The van der Waals surface area contributed by atoms with Crippen molar-refractivity contribution in [3.8, 4) is 11.5 Å². The quantitative estimate of drug-likeness (QED) is 0.400. The Morgan fingerprint density at radius 3 is 2.56 bits per heavy atom. The summed E-state index contributed by atoms with van der Waals surface area (Å²) in [6, 6.07) is 19.1. The summed E-state index contributed by atoms with van der Waals surface area (Å²) in [5.74, 6) is 0.575. The van der Waals surface area contributed by atoms with E-state index >= 15 is 0 Å². The van der Waals surface area contributed by atoms with Crippen LogP contribution in [0.5, 0.6) is 11.5 Å². The molecule has 1 heterocycles. The molecule has 0 N–H and O–H groups in total. The molecule has 0 unspecified atom stereocenters. The van der Waals surface area contributed by atoms with E-state index in [-0.39, 0.29) is 12.4 Å². The highest BCUT2D eigenvalue weighted by atomic mass is 16.6. The van der Waals surface area contributed by atoms with Gasteiger partial charge in [0.2, 0.25) is 0 Å². The van der Waals surface area contributed by atoms with Gasteiger partial charge in [-0.1, -0.05) is 42.5 Å². The first-order valence-electron chi connectivity index (χ1n) is 7.98. The number of rotatable bonds is 4. The standard InChI is InChI=1S/C21H16O4/c1-23-17-8-4-5-9-18(17)25-20(22)12-15-13-24-19-11-10-14-6-2-3-7-16(14)21(15)19/h2-11,13H,12H2,1H3. The summed E-state index contributed by atoms with van der Waals surface area (Å²) < 4.78 is 16.3. The minimum absolute atomic E-state index is 0.124. The SMILES string of the molecule is COc1ccccc1OC(=O)Cc1coc2ccc3ccccc3c12. The topological polar surface area (TPSA) is 48.7 Å². The number of hydrogen-bond acceptors (Lipinski definition) is 4. The third-order valence-corrected chi connectivity index (χ3v) is 4.17. The molecule has 3 aromatic carbocycles. The van der Waals surface area contributed by atoms with E-state index < -0.39 is 0 Å². The van der Waals surface area contributed by atoms with E-state index in [9.17, 15) is 4.79 Å². The van der Waals surface area contributed by atoms with E-state index in [2.05, 4.69) is 0 Å². The number of fused-ring (bicyclic) bond motifs is 3. The Morgan fingerprint density at radius 1 is 0.960 bits per heavy atom. The zero-order chi connectivity index (χ0) is 17.2. The van der Waals surface area contributed by atoms with Crippen LogP contribution < -0.4 is 9.47 Å². The van der Waals surface area contributed by atoms with E-state index in [1.807, 2.05) is 42.5 Å². The number of methoxy groups -OCH3 is 1. The van der Waals surface area contributed by atoms with Crippen LogP contribution in [-0.2, 0) is 11.2 Å². The monoisotopic (exact) mass is 332 g/mol. The van der Waals surface area contributed by atoms with Gasteiger partial charge in [0.05, 0.1) is 19.8 Å². The van der Waals surface area contributed by atoms with Crippen molar-refractivity contribution in [2.24, 2.45) is 0 Å². The van der Waals surface area contributed by atoms with Crippen molar-refractivity contribution in [1.29, 1.82) is 0 Å². The van der Waals surface area contributed by atoms with Crippen LogP contribution in [0.25, 0.3) is 21.7 Å². The molecule has 0 atom stereocenters. The number of benzene rings is 3. The third-order valence-electron chi connectivity index (χ3n) is 4.17. The van der Waals surface area contributed by atoms with E-state index in [0.717, 1.165) is 27.3 Å². The molecule has 0 saturated carbocycles.